The molecule has 0 N–H and O–H groups in total. The lowest BCUT2D eigenvalue weighted by Gasteiger charge is -2.21. The zero-order valence-electron chi connectivity index (χ0n) is 8.55. The fourth-order valence-corrected chi connectivity index (χ4v) is 1.43. The van der Waals surface area contributed by atoms with E-state index >= 15 is 0 Å². The molecule has 2 rings (SSSR count). The molecule has 1 radical (unpaired) electrons. The number of nitrogens with zero attached hydrogens (tertiary/aromatic N) is 1. The lowest BCUT2D eigenvalue weighted by atomic mass is 10.2. The van der Waals surface area contributed by atoms with E-state index in [1.807, 2.05) is 54.6 Å². The van der Waals surface area contributed by atoms with Crippen LogP contribution in [0.2, 0.25) is 0 Å². The van der Waals surface area contributed by atoms with Gasteiger partial charge in [-0.3, -0.25) is 4.84 Å². The highest BCUT2D eigenvalue weighted by Crippen LogP contribution is 2.23. The lowest BCUT2D eigenvalue weighted by Crippen LogP contribution is -2.14. The Morgan fingerprint density at radius 2 is 1.73 bits per heavy atom. The van der Waals surface area contributed by atoms with Gasteiger partial charge in [0.05, 0.1) is 18.5 Å². The second-order valence-corrected chi connectivity index (χ2v) is 3.07. The molecule has 0 heterocycles. The maximum atomic E-state index is 5.34. The predicted octanol–water partition coefficient (Wildman–Crippen LogP) is 3.19. The first-order valence-corrected chi connectivity index (χ1v) is 4.77. The fourth-order valence-electron chi connectivity index (χ4n) is 1.43. The summed E-state index contributed by atoms with van der Waals surface area (Å²) in [7, 11) is 1.65. The Labute approximate surface area is 89.7 Å². The summed E-state index contributed by atoms with van der Waals surface area (Å²) in [6, 6.07) is 20.6. The van der Waals surface area contributed by atoms with Gasteiger partial charge in [0.25, 0.3) is 0 Å². The topological polar surface area (TPSA) is 12.5 Å². The molecule has 2 aromatic rings. The van der Waals surface area contributed by atoms with Crippen molar-refractivity contribution in [2.24, 2.45) is 0 Å². The van der Waals surface area contributed by atoms with Gasteiger partial charge in [0.1, 0.15) is 0 Å². The molecule has 0 amide bonds. The molecule has 0 saturated heterocycles. The molecular weight excluding hydrogens is 186 g/mol. The van der Waals surface area contributed by atoms with Crippen molar-refractivity contribution >= 4 is 11.4 Å². The maximum absolute atomic E-state index is 5.34. The van der Waals surface area contributed by atoms with Crippen molar-refractivity contribution in [2.45, 2.75) is 0 Å². The summed E-state index contributed by atoms with van der Waals surface area (Å²) in [5, 5.41) is 1.76. The van der Waals surface area contributed by atoms with Gasteiger partial charge in [0.15, 0.2) is 0 Å². The van der Waals surface area contributed by atoms with Gasteiger partial charge in [-0.2, -0.15) is 0 Å². The summed E-state index contributed by atoms with van der Waals surface area (Å²) < 4.78 is 0. The Bertz CT molecular complexity index is 360. The molecule has 0 aromatic heterocycles. The van der Waals surface area contributed by atoms with E-state index in [9.17, 15) is 0 Å². The lowest BCUT2D eigenvalue weighted by molar-refractivity contribution is 0.201. The van der Waals surface area contributed by atoms with Gasteiger partial charge in [0, 0.05) is 0 Å². The number of para-hydroxylation sites is 1. The largest absolute Gasteiger partial charge is 0.272 e. The molecule has 0 spiro atoms. The first-order chi connectivity index (χ1) is 7.42. The van der Waals surface area contributed by atoms with Crippen LogP contribution in [0, 0.1) is 6.07 Å². The zero-order valence-corrected chi connectivity index (χ0v) is 8.55. The minimum absolute atomic E-state index is 0.964. The van der Waals surface area contributed by atoms with Crippen molar-refractivity contribution < 1.29 is 4.84 Å². The van der Waals surface area contributed by atoms with Crippen LogP contribution in [-0.2, 0) is 4.84 Å². The van der Waals surface area contributed by atoms with Gasteiger partial charge in [-0.1, -0.05) is 30.3 Å². The third-order valence-corrected chi connectivity index (χ3v) is 2.10. The summed E-state index contributed by atoms with van der Waals surface area (Å²) in [5.74, 6) is 0. The summed E-state index contributed by atoms with van der Waals surface area (Å²) >= 11 is 0. The van der Waals surface area contributed by atoms with Crippen LogP contribution >= 0.6 is 0 Å². The molecule has 0 aliphatic carbocycles. The fraction of sp³-hybridized carbons (Fsp3) is 0.0769. The van der Waals surface area contributed by atoms with Gasteiger partial charge in [0.2, 0.25) is 0 Å². The highest BCUT2D eigenvalue weighted by atomic mass is 16.7. The molecule has 0 bridgehead atoms. The molecule has 15 heavy (non-hydrogen) atoms. The standard InChI is InChI=1S/C13H12NO/c1-15-14(12-8-4-2-5-9-12)13-10-6-3-7-11-13/h2-6,8-11H,1H3. The van der Waals surface area contributed by atoms with Crippen LogP contribution in [0.4, 0.5) is 11.4 Å². The van der Waals surface area contributed by atoms with E-state index in [1.54, 1.807) is 12.2 Å². The third-order valence-electron chi connectivity index (χ3n) is 2.10. The molecule has 0 aliphatic rings. The van der Waals surface area contributed by atoms with Crippen molar-refractivity contribution in [2.75, 3.05) is 12.2 Å². The highest BCUT2D eigenvalue weighted by Gasteiger charge is 2.06. The number of anilines is 2. The number of hydrogen-bond donors (Lipinski definition) is 0. The smallest absolute Gasteiger partial charge is 0.0701 e. The first kappa shape index (κ1) is 9.74. The van der Waals surface area contributed by atoms with Gasteiger partial charge in [-0.05, 0) is 30.3 Å². The minimum Gasteiger partial charge on any atom is -0.272 e. The molecule has 0 unspecified atom stereocenters. The molecule has 2 nitrogen and oxygen atoms in total. The highest BCUT2D eigenvalue weighted by molar-refractivity contribution is 5.59. The van der Waals surface area contributed by atoms with E-state index < -0.39 is 0 Å². The SMILES string of the molecule is CON(c1c[c]ccc1)c1ccccc1. The van der Waals surface area contributed by atoms with Crippen LogP contribution in [0.3, 0.4) is 0 Å². The van der Waals surface area contributed by atoms with E-state index in [0.717, 1.165) is 11.4 Å². The molecule has 75 valence electrons. The number of hydrogen-bond acceptors (Lipinski definition) is 2. The quantitative estimate of drug-likeness (QED) is 0.702. The summed E-state index contributed by atoms with van der Waals surface area (Å²) in [6.45, 7) is 0. The molecule has 0 atom stereocenters. The van der Waals surface area contributed by atoms with E-state index in [1.165, 1.54) is 0 Å². The van der Waals surface area contributed by atoms with Crippen molar-refractivity contribution in [1.29, 1.82) is 0 Å². The molecule has 0 fully saturated rings. The Balaban J connectivity index is 2.34. The van der Waals surface area contributed by atoms with Crippen molar-refractivity contribution in [3.8, 4) is 0 Å². The average Bonchev–Trinajstić information content (AvgIpc) is 2.33. The Hall–Kier alpha value is -1.80. The zero-order chi connectivity index (χ0) is 10.5. The second-order valence-electron chi connectivity index (χ2n) is 3.07. The summed E-state index contributed by atoms with van der Waals surface area (Å²) in [5.41, 5.74) is 1.96. The molecule has 0 aliphatic heterocycles. The van der Waals surface area contributed by atoms with Crippen LogP contribution in [0.15, 0.2) is 54.6 Å². The van der Waals surface area contributed by atoms with Crippen LogP contribution in [-0.4, -0.2) is 7.11 Å². The van der Waals surface area contributed by atoms with E-state index in [2.05, 4.69) is 6.07 Å². The molecule has 2 aromatic carbocycles. The monoisotopic (exact) mass is 198 g/mol. The van der Waals surface area contributed by atoms with E-state index in [0.29, 0.717) is 0 Å². The molecule has 0 saturated carbocycles. The number of benzene rings is 2. The van der Waals surface area contributed by atoms with Crippen LogP contribution in [0.5, 0.6) is 0 Å². The van der Waals surface area contributed by atoms with Crippen LogP contribution in [0.25, 0.3) is 0 Å². The van der Waals surface area contributed by atoms with Crippen LogP contribution in [0.1, 0.15) is 0 Å². The van der Waals surface area contributed by atoms with Gasteiger partial charge >= 0.3 is 0 Å². The number of rotatable bonds is 3. The third kappa shape index (κ3) is 2.17. The Morgan fingerprint density at radius 3 is 2.33 bits per heavy atom. The van der Waals surface area contributed by atoms with Crippen LogP contribution < -0.4 is 5.06 Å². The van der Waals surface area contributed by atoms with Gasteiger partial charge < -0.3 is 0 Å². The van der Waals surface area contributed by atoms with Gasteiger partial charge in [-0.15, -0.1) is 0 Å². The summed E-state index contributed by atoms with van der Waals surface area (Å²) in [4.78, 5) is 5.34. The minimum atomic E-state index is 0.964. The van der Waals surface area contributed by atoms with Crippen molar-refractivity contribution in [1.82, 2.24) is 0 Å². The van der Waals surface area contributed by atoms with E-state index in [4.69, 9.17) is 4.84 Å². The predicted molar refractivity (Wildman–Crippen MR) is 60.9 cm³/mol. The Kier molecular flexibility index (Phi) is 3.00. The first-order valence-electron chi connectivity index (χ1n) is 4.77. The Morgan fingerprint density at radius 1 is 1.00 bits per heavy atom. The van der Waals surface area contributed by atoms with Gasteiger partial charge in [-0.25, -0.2) is 5.06 Å². The second kappa shape index (κ2) is 4.62. The molecule has 2 heteroatoms. The van der Waals surface area contributed by atoms with E-state index in [-0.39, 0.29) is 0 Å². The maximum Gasteiger partial charge on any atom is 0.0701 e. The van der Waals surface area contributed by atoms with Crippen molar-refractivity contribution in [3.63, 3.8) is 0 Å². The molecular formula is C13H12NO. The summed E-state index contributed by atoms with van der Waals surface area (Å²) in [6.07, 6.45) is 0. The average molecular weight is 198 g/mol. The normalized spacial score (nSPS) is 9.93. The van der Waals surface area contributed by atoms with Crippen molar-refractivity contribution in [3.05, 3.63) is 60.7 Å².